The quantitative estimate of drug-likeness (QED) is 0.309. The zero-order valence-corrected chi connectivity index (χ0v) is 26.1. The second-order valence-corrected chi connectivity index (χ2v) is 15.9. The SMILES string of the molecule is CC(CCC(=O)NCC[N+]1(Cc2ccccc2)CCCC1)[C@H]1CC[C@H]2[C@@H]3CCC4CCCC[C@]4(C)[C@H]3CC[C@]12C. The summed E-state index contributed by atoms with van der Waals surface area (Å²) in [6.07, 6.45) is 19.2. The van der Waals surface area contributed by atoms with Gasteiger partial charge in [0.1, 0.15) is 6.54 Å². The number of benzene rings is 1. The number of carbonyl (C=O) groups excluding carboxylic acids is 1. The minimum absolute atomic E-state index is 0.288. The van der Waals surface area contributed by atoms with Gasteiger partial charge in [-0.1, -0.05) is 63.9 Å². The molecule has 4 aliphatic carbocycles. The van der Waals surface area contributed by atoms with Crippen molar-refractivity contribution in [3.05, 3.63) is 35.9 Å². The fourth-order valence-corrected chi connectivity index (χ4v) is 11.8. The van der Waals surface area contributed by atoms with Crippen LogP contribution in [-0.2, 0) is 11.3 Å². The maximum atomic E-state index is 13.0. The Balaban J connectivity index is 0.991. The van der Waals surface area contributed by atoms with Crippen molar-refractivity contribution in [2.75, 3.05) is 26.2 Å². The minimum atomic E-state index is 0.288. The number of rotatable bonds is 9. The summed E-state index contributed by atoms with van der Waals surface area (Å²) in [5, 5.41) is 3.35. The average molecular weight is 548 g/mol. The van der Waals surface area contributed by atoms with E-state index in [0.717, 1.165) is 60.1 Å². The Hall–Kier alpha value is -1.35. The monoisotopic (exact) mass is 547 g/mol. The molecule has 0 bridgehead atoms. The molecule has 1 saturated heterocycles. The van der Waals surface area contributed by atoms with E-state index in [4.69, 9.17) is 0 Å². The largest absolute Gasteiger partial charge is 0.350 e. The standard InChI is InChI=1S/C37H58N2O/c1-28(14-19-35(40)38-23-26-39(24-9-10-25-39)27-29-11-5-4-6-12-29)32-17-18-33-31-16-15-30-13-7-8-21-36(30,2)34(31)20-22-37(32,33)3/h4-6,11-12,28,30-34H,7-10,13-27H2,1-3H3/p+1/t28?,30?,31-,32+,33-,34-,36-,37+/m0/s1. The third-order valence-electron chi connectivity index (χ3n) is 14.0. The molecule has 0 spiro atoms. The Morgan fingerprint density at radius 3 is 2.48 bits per heavy atom. The zero-order chi connectivity index (χ0) is 27.8. The lowest BCUT2D eigenvalue weighted by atomic mass is 9.44. The first-order valence-electron chi connectivity index (χ1n) is 17.5. The van der Waals surface area contributed by atoms with Crippen molar-refractivity contribution in [2.24, 2.45) is 46.3 Å². The van der Waals surface area contributed by atoms with Gasteiger partial charge in [-0.05, 0) is 104 Å². The Kier molecular flexibility index (Phi) is 8.44. The number of nitrogens with one attached hydrogen (secondary N) is 1. The van der Waals surface area contributed by atoms with Gasteiger partial charge in [0, 0.05) is 24.8 Å². The summed E-state index contributed by atoms with van der Waals surface area (Å²) in [5.41, 5.74) is 2.59. The average Bonchev–Trinajstić information content (AvgIpc) is 3.56. The molecule has 1 heterocycles. The van der Waals surface area contributed by atoms with Gasteiger partial charge in [-0.15, -0.1) is 0 Å². The number of likely N-dealkylation sites (tertiary alicyclic amines) is 1. The lowest BCUT2D eigenvalue weighted by Crippen LogP contribution is -2.53. The Morgan fingerprint density at radius 2 is 1.68 bits per heavy atom. The third kappa shape index (κ3) is 5.43. The lowest BCUT2D eigenvalue weighted by molar-refractivity contribution is -0.928. The van der Waals surface area contributed by atoms with E-state index in [1.807, 2.05) is 0 Å². The smallest absolute Gasteiger partial charge is 0.220 e. The first-order valence-corrected chi connectivity index (χ1v) is 17.5. The van der Waals surface area contributed by atoms with E-state index in [1.165, 1.54) is 95.7 Å². The van der Waals surface area contributed by atoms with Crippen LogP contribution in [0.25, 0.3) is 0 Å². The molecule has 40 heavy (non-hydrogen) atoms. The Labute approximate surface area is 245 Å². The van der Waals surface area contributed by atoms with Gasteiger partial charge >= 0.3 is 0 Å². The van der Waals surface area contributed by atoms with Gasteiger partial charge < -0.3 is 9.80 Å². The van der Waals surface area contributed by atoms with Crippen molar-refractivity contribution in [1.82, 2.24) is 5.32 Å². The van der Waals surface area contributed by atoms with Crippen LogP contribution in [0.3, 0.4) is 0 Å². The van der Waals surface area contributed by atoms with Crippen molar-refractivity contribution in [1.29, 1.82) is 0 Å². The fraction of sp³-hybridized carbons (Fsp3) is 0.811. The highest BCUT2D eigenvalue weighted by atomic mass is 16.1. The zero-order valence-electron chi connectivity index (χ0n) is 26.1. The summed E-state index contributed by atoms with van der Waals surface area (Å²) in [6, 6.07) is 11.0. The summed E-state index contributed by atoms with van der Waals surface area (Å²) in [5.74, 6) is 5.69. The minimum Gasteiger partial charge on any atom is -0.350 e. The molecule has 0 radical (unpaired) electrons. The van der Waals surface area contributed by atoms with E-state index in [1.54, 1.807) is 0 Å². The van der Waals surface area contributed by atoms with E-state index in [-0.39, 0.29) is 5.91 Å². The summed E-state index contributed by atoms with van der Waals surface area (Å²) in [6.45, 7) is 13.4. The summed E-state index contributed by atoms with van der Waals surface area (Å²) >= 11 is 0. The highest BCUT2D eigenvalue weighted by molar-refractivity contribution is 5.75. The van der Waals surface area contributed by atoms with Crippen LogP contribution in [0.5, 0.6) is 0 Å². The number of carbonyl (C=O) groups is 1. The molecule has 1 amide bonds. The topological polar surface area (TPSA) is 29.1 Å². The number of hydrogen-bond donors (Lipinski definition) is 1. The normalized spacial score (nSPS) is 39.1. The summed E-state index contributed by atoms with van der Waals surface area (Å²) in [4.78, 5) is 13.0. The molecule has 1 aliphatic heterocycles. The number of amides is 1. The second-order valence-electron chi connectivity index (χ2n) is 15.9. The molecule has 1 aromatic carbocycles. The predicted octanol–water partition coefficient (Wildman–Crippen LogP) is 8.38. The van der Waals surface area contributed by atoms with Crippen LogP contribution in [0.1, 0.15) is 116 Å². The van der Waals surface area contributed by atoms with Crippen LogP contribution < -0.4 is 5.32 Å². The highest BCUT2D eigenvalue weighted by Crippen LogP contribution is 2.68. The van der Waals surface area contributed by atoms with Gasteiger partial charge in [0.2, 0.25) is 5.91 Å². The number of nitrogens with zero attached hydrogens (tertiary/aromatic N) is 1. The Bertz CT molecular complexity index is 1000. The van der Waals surface area contributed by atoms with E-state index in [9.17, 15) is 4.79 Å². The maximum Gasteiger partial charge on any atom is 0.220 e. The molecule has 4 saturated carbocycles. The second kappa shape index (κ2) is 11.7. The predicted molar refractivity (Wildman–Crippen MR) is 165 cm³/mol. The molecule has 3 nitrogen and oxygen atoms in total. The van der Waals surface area contributed by atoms with E-state index in [0.29, 0.717) is 23.2 Å². The van der Waals surface area contributed by atoms with Crippen LogP contribution >= 0.6 is 0 Å². The lowest BCUT2D eigenvalue weighted by Gasteiger charge is -2.61. The van der Waals surface area contributed by atoms with E-state index in [2.05, 4.69) is 56.4 Å². The molecule has 0 aromatic heterocycles. The molecule has 3 heteroatoms. The first-order chi connectivity index (χ1) is 19.3. The molecule has 2 unspecified atom stereocenters. The van der Waals surface area contributed by atoms with Gasteiger partial charge in [-0.3, -0.25) is 4.79 Å². The summed E-state index contributed by atoms with van der Waals surface area (Å²) < 4.78 is 1.14. The van der Waals surface area contributed by atoms with Crippen molar-refractivity contribution < 1.29 is 9.28 Å². The number of fused-ring (bicyclic) bond motifs is 5. The van der Waals surface area contributed by atoms with Crippen molar-refractivity contribution in [3.8, 4) is 0 Å². The molecule has 8 atom stereocenters. The molecule has 5 fully saturated rings. The maximum absolute atomic E-state index is 13.0. The van der Waals surface area contributed by atoms with Crippen LogP contribution in [0.4, 0.5) is 0 Å². The molecule has 1 N–H and O–H groups in total. The van der Waals surface area contributed by atoms with Crippen LogP contribution in [-0.4, -0.2) is 36.6 Å². The molecule has 222 valence electrons. The number of hydrogen-bond acceptors (Lipinski definition) is 1. The molecule has 6 rings (SSSR count). The van der Waals surface area contributed by atoms with Crippen molar-refractivity contribution >= 4 is 5.91 Å². The van der Waals surface area contributed by atoms with E-state index < -0.39 is 0 Å². The van der Waals surface area contributed by atoms with Gasteiger partial charge in [0.25, 0.3) is 0 Å². The highest BCUT2D eigenvalue weighted by Gasteiger charge is 2.60. The molecular weight excluding hydrogens is 488 g/mol. The van der Waals surface area contributed by atoms with Crippen LogP contribution in [0, 0.1) is 46.3 Å². The molecule has 5 aliphatic rings. The first kappa shape index (κ1) is 28.8. The van der Waals surface area contributed by atoms with Gasteiger partial charge in [-0.2, -0.15) is 0 Å². The van der Waals surface area contributed by atoms with E-state index >= 15 is 0 Å². The fourth-order valence-electron chi connectivity index (χ4n) is 11.8. The van der Waals surface area contributed by atoms with Crippen molar-refractivity contribution in [2.45, 2.75) is 117 Å². The third-order valence-corrected chi connectivity index (χ3v) is 14.0. The van der Waals surface area contributed by atoms with Crippen molar-refractivity contribution in [3.63, 3.8) is 0 Å². The van der Waals surface area contributed by atoms with Gasteiger partial charge in [0.15, 0.2) is 0 Å². The van der Waals surface area contributed by atoms with Gasteiger partial charge in [-0.25, -0.2) is 0 Å². The van der Waals surface area contributed by atoms with Crippen LogP contribution in [0.2, 0.25) is 0 Å². The molecule has 1 aromatic rings. The Morgan fingerprint density at radius 1 is 0.900 bits per heavy atom. The van der Waals surface area contributed by atoms with Crippen LogP contribution in [0.15, 0.2) is 30.3 Å². The number of quaternary nitrogens is 1. The summed E-state index contributed by atoms with van der Waals surface area (Å²) in [7, 11) is 0. The molecular formula is C37H59N2O+. The van der Waals surface area contributed by atoms with Gasteiger partial charge in [0.05, 0.1) is 26.2 Å².